The third kappa shape index (κ3) is 8.72. The first-order chi connectivity index (χ1) is 8.69. The van der Waals surface area contributed by atoms with Gasteiger partial charge in [0.15, 0.2) is 0 Å². The second kappa shape index (κ2) is 9.04. The summed E-state index contributed by atoms with van der Waals surface area (Å²) in [6.07, 6.45) is 1.78. The van der Waals surface area contributed by atoms with E-state index in [1.54, 1.807) is 6.08 Å². The van der Waals surface area contributed by atoms with Crippen LogP contribution >= 0.6 is 8.53 Å². The lowest BCUT2D eigenvalue weighted by atomic mass is 10.3. The second-order valence-electron chi connectivity index (χ2n) is 6.24. The van der Waals surface area contributed by atoms with Crippen LogP contribution in [0.2, 0.25) is 0 Å². The van der Waals surface area contributed by atoms with E-state index >= 15 is 0 Å². The molecule has 0 rings (SSSR count). The Morgan fingerprint density at radius 2 is 1.63 bits per heavy atom. The zero-order valence-corrected chi connectivity index (χ0v) is 14.6. The molecule has 0 aromatic rings. The second-order valence-corrected chi connectivity index (χ2v) is 7.69. The Kier molecular flexibility index (Phi) is 9.04. The van der Waals surface area contributed by atoms with Gasteiger partial charge in [0.25, 0.3) is 8.53 Å². The smallest absolute Gasteiger partial charge is 0.259 e. The molecule has 0 aliphatic carbocycles. The molecule has 0 aliphatic heterocycles. The van der Waals surface area contributed by atoms with E-state index in [9.17, 15) is 0 Å². The molecule has 19 heavy (non-hydrogen) atoms. The summed E-state index contributed by atoms with van der Waals surface area (Å²) in [7, 11) is 5.49. The van der Waals surface area contributed by atoms with Gasteiger partial charge in [-0.25, -0.2) is 4.67 Å². The van der Waals surface area contributed by atoms with Crippen LogP contribution in [-0.4, -0.2) is 62.1 Å². The monoisotopic (exact) mass is 291 g/mol. The number of quaternary nitrogens is 1. The molecule has 1 atom stereocenters. The van der Waals surface area contributed by atoms with E-state index in [2.05, 4.69) is 60.1 Å². The Morgan fingerprint density at radius 1 is 1.11 bits per heavy atom. The van der Waals surface area contributed by atoms with Crippen molar-refractivity contribution in [2.75, 3.05) is 40.9 Å². The number of hydrogen-bond acceptors (Lipinski definition) is 3. The highest BCUT2D eigenvalue weighted by Crippen LogP contribution is 2.45. The summed E-state index contributed by atoms with van der Waals surface area (Å²) in [5.41, 5.74) is 0. The zero-order chi connectivity index (χ0) is 15.1. The van der Waals surface area contributed by atoms with Crippen LogP contribution in [0.1, 0.15) is 27.7 Å². The molecular formula is C14H32N2O2P+. The molecule has 0 N–H and O–H groups in total. The number of likely N-dealkylation sites (N-methyl/N-ethyl adjacent to an activating group) is 1. The summed E-state index contributed by atoms with van der Waals surface area (Å²) in [6, 6.07) is 0.806. The summed E-state index contributed by atoms with van der Waals surface area (Å²) < 4.78 is 15.0. The average Bonchev–Trinajstić information content (AvgIpc) is 2.22. The van der Waals surface area contributed by atoms with Crippen LogP contribution in [0.4, 0.5) is 0 Å². The van der Waals surface area contributed by atoms with Crippen LogP contribution in [-0.2, 0) is 9.05 Å². The summed E-state index contributed by atoms with van der Waals surface area (Å²) in [5.74, 6) is 0. The minimum atomic E-state index is -1.01. The minimum Gasteiger partial charge on any atom is -0.329 e. The topological polar surface area (TPSA) is 21.7 Å². The maximum Gasteiger partial charge on any atom is 0.259 e. The van der Waals surface area contributed by atoms with Gasteiger partial charge in [0.2, 0.25) is 0 Å². The van der Waals surface area contributed by atoms with Crippen molar-refractivity contribution in [1.29, 1.82) is 0 Å². The van der Waals surface area contributed by atoms with Gasteiger partial charge < -0.3 is 13.5 Å². The lowest BCUT2D eigenvalue weighted by molar-refractivity contribution is -0.870. The van der Waals surface area contributed by atoms with Crippen molar-refractivity contribution in [2.24, 2.45) is 0 Å². The van der Waals surface area contributed by atoms with Crippen LogP contribution < -0.4 is 0 Å². The van der Waals surface area contributed by atoms with Crippen LogP contribution in [0.3, 0.4) is 0 Å². The SMILES string of the molecule is C=CCOP(OCC[N+](C)(C)C)N(C(C)C)C(C)C. The van der Waals surface area contributed by atoms with E-state index in [4.69, 9.17) is 9.05 Å². The predicted molar refractivity (Wildman–Crippen MR) is 84.0 cm³/mol. The number of rotatable bonds is 10. The van der Waals surface area contributed by atoms with E-state index in [1.807, 2.05) is 0 Å². The molecular weight excluding hydrogens is 259 g/mol. The predicted octanol–water partition coefficient (Wildman–Crippen LogP) is 3.26. The van der Waals surface area contributed by atoms with Crippen LogP contribution in [0.25, 0.3) is 0 Å². The standard InChI is InChI=1S/C14H32N2O2P/c1-9-11-17-19(15(13(2)3)14(4)5)18-12-10-16(6,7)8/h9,13-14H,1,10-12H2,2-8H3/q+1. The molecule has 114 valence electrons. The first-order valence-electron chi connectivity index (χ1n) is 6.94. The maximum atomic E-state index is 6.01. The van der Waals surface area contributed by atoms with Gasteiger partial charge in [-0.2, -0.15) is 0 Å². The first kappa shape index (κ1) is 19.0. The molecule has 0 spiro atoms. The summed E-state index contributed by atoms with van der Waals surface area (Å²) in [4.78, 5) is 0. The zero-order valence-electron chi connectivity index (χ0n) is 13.7. The largest absolute Gasteiger partial charge is 0.329 e. The number of nitrogens with zero attached hydrogens (tertiary/aromatic N) is 2. The lowest BCUT2D eigenvalue weighted by Gasteiger charge is -2.36. The van der Waals surface area contributed by atoms with E-state index < -0.39 is 8.53 Å². The molecule has 0 saturated heterocycles. The van der Waals surface area contributed by atoms with Crippen molar-refractivity contribution in [3.05, 3.63) is 12.7 Å². The van der Waals surface area contributed by atoms with Crippen molar-refractivity contribution in [3.63, 3.8) is 0 Å². The lowest BCUT2D eigenvalue weighted by Crippen LogP contribution is -2.38. The minimum absolute atomic E-state index is 0.403. The van der Waals surface area contributed by atoms with E-state index in [0.29, 0.717) is 25.3 Å². The van der Waals surface area contributed by atoms with Gasteiger partial charge in [0.1, 0.15) is 13.2 Å². The highest BCUT2D eigenvalue weighted by atomic mass is 31.2. The molecule has 0 aromatic carbocycles. The highest BCUT2D eigenvalue weighted by molar-refractivity contribution is 7.44. The van der Waals surface area contributed by atoms with Crippen molar-refractivity contribution >= 4 is 8.53 Å². The molecule has 4 nitrogen and oxygen atoms in total. The van der Waals surface area contributed by atoms with Crippen molar-refractivity contribution in [3.8, 4) is 0 Å². The van der Waals surface area contributed by atoms with E-state index in [-0.39, 0.29) is 0 Å². The van der Waals surface area contributed by atoms with Crippen molar-refractivity contribution in [1.82, 2.24) is 4.67 Å². The fraction of sp³-hybridized carbons (Fsp3) is 0.857. The Hall–Kier alpha value is 0.0100. The molecule has 0 fully saturated rings. The molecule has 1 unspecified atom stereocenters. The normalized spacial score (nSPS) is 14.4. The van der Waals surface area contributed by atoms with Crippen LogP contribution in [0.15, 0.2) is 12.7 Å². The summed E-state index contributed by atoms with van der Waals surface area (Å²) in [6.45, 7) is 14.6. The van der Waals surface area contributed by atoms with Gasteiger partial charge >= 0.3 is 0 Å². The molecule has 0 heterocycles. The van der Waals surface area contributed by atoms with Crippen LogP contribution in [0, 0.1) is 0 Å². The Morgan fingerprint density at radius 3 is 2.00 bits per heavy atom. The van der Waals surface area contributed by atoms with Gasteiger partial charge in [-0.05, 0) is 27.7 Å². The van der Waals surface area contributed by atoms with Crippen LogP contribution in [0.5, 0.6) is 0 Å². The third-order valence-electron chi connectivity index (χ3n) is 2.51. The molecule has 0 aliphatic rings. The number of hydrogen-bond donors (Lipinski definition) is 0. The highest BCUT2D eigenvalue weighted by Gasteiger charge is 2.27. The van der Waals surface area contributed by atoms with Gasteiger partial charge in [-0.15, -0.1) is 6.58 Å². The van der Waals surface area contributed by atoms with Crippen molar-refractivity contribution < 1.29 is 13.5 Å². The van der Waals surface area contributed by atoms with Crippen molar-refractivity contribution in [2.45, 2.75) is 39.8 Å². The van der Waals surface area contributed by atoms with Gasteiger partial charge in [0.05, 0.1) is 27.7 Å². The third-order valence-corrected chi connectivity index (χ3v) is 4.59. The Bertz CT molecular complexity index is 244. The molecule has 0 saturated carbocycles. The molecule has 0 radical (unpaired) electrons. The molecule has 0 amide bonds. The van der Waals surface area contributed by atoms with E-state index in [1.165, 1.54) is 0 Å². The Balaban J connectivity index is 4.54. The van der Waals surface area contributed by atoms with Gasteiger partial charge in [-0.3, -0.25) is 0 Å². The fourth-order valence-corrected chi connectivity index (χ4v) is 3.22. The molecule has 5 heteroatoms. The molecule has 0 aromatic heterocycles. The quantitative estimate of drug-likeness (QED) is 0.350. The van der Waals surface area contributed by atoms with Gasteiger partial charge in [0, 0.05) is 12.1 Å². The molecule has 0 bridgehead atoms. The van der Waals surface area contributed by atoms with E-state index in [0.717, 1.165) is 11.0 Å². The fourth-order valence-electron chi connectivity index (χ4n) is 1.65. The summed E-state index contributed by atoms with van der Waals surface area (Å²) >= 11 is 0. The average molecular weight is 291 g/mol. The Labute approximate surface area is 120 Å². The van der Waals surface area contributed by atoms with Gasteiger partial charge in [-0.1, -0.05) is 6.08 Å². The first-order valence-corrected chi connectivity index (χ1v) is 8.07. The summed E-state index contributed by atoms with van der Waals surface area (Å²) in [5, 5.41) is 0. The maximum absolute atomic E-state index is 6.01.